The lowest BCUT2D eigenvalue weighted by atomic mass is 9.91. The molecule has 0 radical (unpaired) electrons. The highest BCUT2D eigenvalue weighted by Crippen LogP contribution is 2.21. The molecule has 0 aromatic rings. The van der Waals surface area contributed by atoms with Crippen LogP contribution >= 0.6 is 0 Å². The smallest absolute Gasteiger partial charge is 0.311 e. The van der Waals surface area contributed by atoms with Gasteiger partial charge in [0.15, 0.2) is 0 Å². The minimum atomic E-state index is -0.392. The second-order valence-corrected chi connectivity index (χ2v) is 6.66. The molecule has 4 heteroatoms. The van der Waals surface area contributed by atoms with Gasteiger partial charge >= 0.3 is 5.97 Å². The van der Waals surface area contributed by atoms with Gasteiger partial charge in [-0.3, -0.25) is 4.79 Å². The van der Waals surface area contributed by atoms with Crippen molar-refractivity contribution in [3.63, 3.8) is 0 Å². The van der Waals surface area contributed by atoms with Crippen molar-refractivity contribution in [1.29, 1.82) is 0 Å². The fourth-order valence-electron chi connectivity index (χ4n) is 1.13. The maximum Gasteiger partial charge on any atom is 0.311 e. The Bertz CT molecular complexity index is 253. The molecule has 114 valence electrons. The lowest BCUT2D eigenvalue weighted by molar-refractivity contribution is -0.154. The van der Waals surface area contributed by atoms with E-state index in [2.05, 4.69) is 20.8 Å². The summed E-state index contributed by atoms with van der Waals surface area (Å²) >= 11 is 0. The Morgan fingerprint density at radius 1 is 1.00 bits per heavy atom. The zero-order chi connectivity index (χ0) is 14.9. The fraction of sp³-hybridized carbons (Fsp3) is 0.933. The van der Waals surface area contributed by atoms with E-state index >= 15 is 0 Å². The van der Waals surface area contributed by atoms with Crippen molar-refractivity contribution < 1.29 is 19.0 Å². The normalized spacial score (nSPS) is 12.5. The molecule has 0 aliphatic carbocycles. The Labute approximate surface area is 117 Å². The van der Waals surface area contributed by atoms with Crippen LogP contribution in [-0.2, 0) is 19.0 Å². The van der Waals surface area contributed by atoms with E-state index in [1.165, 1.54) is 0 Å². The van der Waals surface area contributed by atoms with Crippen LogP contribution in [0.5, 0.6) is 0 Å². The number of ether oxygens (including phenoxy) is 3. The van der Waals surface area contributed by atoms with Crippen LogP contribution in [-0.4, -0.2) is 32.6 Å². The van der Waals surface area contributed by atoms with Crippen LogP contribution in [0.25, 0.3) is 0 Å². The molecule has 0 aromatic carbocycles. The molecule has 0 unspecified atom stereocenters. The van der Waals surface area contributed by atoms with Gasteiger partial charge in [-0.1, -0.05) is 27.7 Å². The van der Waals surface area contributed by atoms with Crippen LogP contribution in [0.2, 0.25) is 0 Å². The highest BCUT2D eigenvalue weighted by molar-refractivity contribution is 5.75. The molecular weight excluding hydrogens is 244 g/mol. The zero-order valence-electron chi connectivity index (χ0n) is 13.4. The SMILES string of the molecule is CCC(C)(C)C(=O)OCCCOCOCC(C)(C)C. The van der Waals surface area contributed by atoms with Gasteiger partial charge in [-0.25, -0.2) is 0 Å². The average molecular weight is 274 g/mol. The van der Waals surface area contributed by atoms with Gasteiger partial charge in [0, 0.05) is 6.42 Å². The summed E-state index contributed by atoms with van der Waals surface area (Å²) in [5.74, 6) is -0.140. The van der Waals surface area contributed by atoms with Crippen molar-refractivity contribution >= 4 is 5.97 Å². The zero-order valence-corrected chi connectivity index (χ0v) is 13.4. The van der Waals surface area contributed by atoms with Crippen molar-refractivity contribution in [2.75, 3.05) is 26.6 Å². The topological polar surface area (TPSA) is 44.8 Å². The van der Waals surface area contributed by atoms with E-state index in [1.807, 2.05) is 20.8 Å². The fourth-order valence-corrected chi connectivity index (χ4v) is 1.13. The number of hydrogen-bond donors (Lipinski definition) is 0. The summed E-state index contributed by atoms with van der Waals surface area (Å²) in [5, 5.41) is 0. The quantitative estimate of drug-likeness (QED) is 0.367. The first-order chi connectivity index (χ1) is 8.69. The standard InChI is InChI=1S/C15H30O4/c1-7-15(5,6)13(16)19-10-8-9-17-12-18-11-14(2,3)4/h7-12H2,1-6H3. The van der Waals surface area contributed by atoms with Gasteiger partial charge in [0.1, 0.15) is 6.79 Å². The lowest BCUT2D eigenvalue weighted by Crippen LogP contribution is -2.26. The molecule has 0 aliphatic heterocycles. The third-order valence-electron chi connectivity index (χ3n) is 2.80. The molecule has 0 heterocycles. The largest absolute Gasteiger partial charge is 0.465 e. The molecule has 0 bridgehead atoms. The summed E-state index contributed by atoms with van der Waals surface area (Å²) in [7, 11) is 0. The van der Waals surface area contributed by atoms with E-state index in [-0.39, 0.29) is 11.4 Å². The average Bonchev–Trinajstić information content (AvgIpc) is 2.30. The maximum absolute atomic E-state index is 11.7. The maximum atomic E-state index is 11.7. The van der Waals surface area contributed by atoms with Crippen LogP contribution in [0.15, 0.2) is 0 Å². The second-order valence-electron chi connectivity index (χ2n) is 6.66. The summed E-state index contributed by atoms with van der Waals surface area (Å²) in [4.78, 5) is 11.7. The number of esters is 1. The minimum absolute atomic E-state index is 0.140. The van der Waals surface area contributed by atoms with Gasteiger partial charge in [0.2, 0.25) is 0 Å². The summed E-state index contributed by atoms with van der Waals surface area (Å²) in [6.45, 7) is 14.0. The van der Waals surface area contributed by atoms with E-state index in [9.17, 15) is 4.79 Å². The molecule has 0 atom stereocenters. The Morgan fingerprint density at radius 2 is 1.63 bits per heavy atom. The predicted octanol–water partition coefficient (Wildman–Crippen LogP) is 3.39. The summed E-state index contributed by atoms with van der Waals surface area (Å²) in [6.07, 6.45) is 1.48. The Balaban J connectivity index is 3.44. The molecule has 0 N–H and O–H groups in total. The van der Waals surface area contributed by atoms with Gasteiger partial charge < -0.3 is 14.2 Å². The van der Waals surface area contributed by atoms with Crippen molar-refractivity contribution in [2.45, 2.75) is 54.4 Å². The van der Waals surface area contributed by atoms with E-state index in [1.54, 1.807) is 0 Å². The van der Waals surface area contributed by atoms with Gasteiger partial charge in [0.05, 0.1) is 25.2 Å². The van der Waals surface area contributed by atoms with Gasteiger partial charge in [-0.05, 0) is 25.7 Å². The number of rotatable bonds is 9. The van der Waals surface area contributed by atoms with Gasteiger partial charge in [-0.15, -0.1) is 0 Å². The van der Waals surface area contributed by atoms with E-state index < -0.39 is 5.41 Å². The molecule has 19 heavy (non-hydrogen) atoms. The summed E-state index contributed by atoms with van der Waals surface area (Å²) in [5.41, 5.74) is -0.235. The Morgan fingerprint density at radius 3 is 2.16 bits per heavy atom. The van der Waals surface area contributed by atoms with Crippen LogP contribution in [0, 0.1) is 10.8 Å². The molecule has 0 aliphatic rings. The van der Waals surface area contributed by atoms with E-state index in [0.29, 0.717) is 33.0 Å². The Kier molecular flexibility index (Phi) is 8.26. The molecule has 0 amide bonds. The second kappa shape index (κ2) is 8.54. The van der Waals surface area contributed by atoms with Crippen molar-refractivity contribution in [2.24, 2.45) is 10.8 Å². The highest BCUT2D eigenvalue weighted by Gasteiger charge is 2.26. The van der Waals surface area contributed by atoms with Crippen LogP contribution in [0.1, 0.15) is 54.4 Å². The van der Waals surface area contributed by atoms with Crippen LogP contribution in [0.3, 0.4) is 0 Å². The monoisotopic (exact) mass is 274 g/mol. The first-order valence-electron chi connectivity index (χ1n) is 7.02. The molecule has 0 rings (SSSR count). The van der Waals surface area contributed by atoms with Crippen molar-refractivity contribution in [3.8, 4) is 0 Å². The molecule has 4 nitrogen and oxygen atoms in total. The first-order valence-corrected chi connectivity index (χ1v) is 7.02. The van der Waals surface area contributed by atoms with Gasteiger partial charge in [0.25, 0.3) is 0 Å². The summed E-state index contributed by atoms with van der Waals surface area (Å²) < 4.78 is 15.9. The molecule has 0 saturated carbocycles. The van der Waals surface area contributed by atoms with Crippen molar-refractivity contribution in [1.82, 2.24) is 0 Å². The summed E-state index contributed by atoms with van der Waals surface area (Å²) in [6, 6.07) is 0. The van der Waals surface area contributed by atoms with E-state index in [0.717, 1.165) is 6.42 Å². The number of hydrogen-bond acceptors (Lipinski definition) is 4. The van der Waals surface area contributed by atoms with Crippen LogP contribution < -0.4 is 0 Å². The van der Waals surface area contributed by atoms with Gasteiger partial charge in [-0.2, -0.15) is 0 Å². The third-order valence-corrected chi connectivity index (χ3v) is 2.80. The lowest BCUT2D eigenvalue weighted by Gasteiger charge is -2.20. The molecule has 0 fully saturated rings. The minimum Gasteiger partial charge on any atom is -0.465 e. The molecule has 0 aromatic heterocycles. The molecular formula is C15H30O4. The number of carbonyl (C=O) groups excluding carboxylic acids is 1. The Hall–Kier alpha value is -0.610. The number of carbonyl (C=O) groups is 1. The molecule has 0 spiro atoms. The van der Waals surface area contributed by atoms with Crippen LogP contribution in [0.4, 0.5) is 0 Å². The molecule has 0 saturated heterocycles. The van der Waals surface area contributed by atoms with Crippen molar-refractivity contribution in [3.05, 3.63) is 0 Å². The first kappa shape index (κ1) is 18.4. The van der Waals surface area contributed by atoms with E-state index in [4.69, 9.17) is 14.2 Å². The third kappa shape index (κ3) is 9.91. The highest BCUT2D eigenvalue weighted by atomic mass is 16.7. The predicted molar refractivity (Wildman–Crippen MR) is 75.9 cm³/mol.